The number of carboxylic acids is 2. The SMILES string of the molecule is CC(CS(=O)(=O)C(C(=O)O)C(C(=O)O)S(=O)(=O)CCS(=O)(=O)O)S(=O)(=O)O. The van der Waals surface area contributed by atoms with Crippen LogP contribution in [-0.2, 0) is 49.5 Å². The standard InChI is InChI=1S/C9H16O14S4/c1-5(27(21,22)23)4-25(16,17)7(9(12)13)6(8(10)11)24(14,15)2-3-26(18,19)20/h5-7H,2-4H2,1H3,(H,10,11)(H,12,13)(H,18,19,20)(H,21,22,23). The highest BCUT2D eigenvalue weighted by atomic mass is 32.2. The Labute approximate surface area is 154 Å². The predicted octanol–water partition coefficient (Wildman–Crippen LogP) is -3.11. The van der Waals surface area contributed by atoms with E-state index in [1.165, 1.54) is 0 Å². The van der Waals surface area contributed by atoms with Gasteiger partial charge in [-0.25, -0.2) is 16.8 Å². The minimum Gasteiger partial charge on any atom is -0.480 e. The van der Waals surface area contributed by atoms with Crippen molar-refractivity contribution in [2.75, 3.05) is 17.3 Å². The molecule has 18 heteroatoms. The first kappa shape index (κ1) is 25.7. The highest BCUT2D eigenvalue weighted by molar-refractivity contribution is 7.98. The van der Waals surface area contributed by atoms with Crippen LogP contribution in [0.15, 0.2) is 0 Å². The molecule has 0 bridgehead atoms. The fourth-order valence-corrected chi connectivity index (χ4v) is 8.57. The lowest BCUT2D eigenvalue weighted by Crippen LogP contribution is -2.52. The fraction of sp³-hybridized carbons (Fsp3) is 0.778. The summed E-state index contributed by atoms with van der Waals surface area (Å²) in [6.45, 7) is 0.647. The Bertz CT molecular complexity index is 1000. The van der Waals surface area contributed by atoms with Crippen LogP contribution in [-0.4, -0.2) is 97.9 Å². The van der Waals surface area contributed by atoms with Crippen molar-refractivity contribution in [2.24, 2.45) is 0 Å². The molecule has 14 nitrogen and oxygen atoms in total. The van der Waals surface area contributed by atoms with E-state index in [9.17, 15) is 43.3 Å². The fourth-order valence-electron chi connectivity index (χ4n) is 1.81. The Kier molecular flexibility index (Phi) is 7.94. The normalized spacial score (nSPS) is 17.0. The maximum absolute atomic E-state index is 12.2. The molecule has 0 aromatic carbocycles. The van der Waals surface area contributed by atoms with E-state index in [4.69, 9.17) is 19.3 Å². The van der Waals surface area contributed by atoms with Crippen molar-refractivity contribution in [3.63, 3.8) is 0 Å². The van der Waals surface area contributed by atoms with Gasteiger partial charge in [0.05, 0.1) is 22.5 Å². The number of carbonyl (C=O) groups is 2. The summed E-state index contributed by atoms with van der Waals surface area (Å²) in [5.41, 5.74) is 0. The molecule has 0 saturated heterocycles. The molecule has 0 aromatic heterocycles. The van der Waals surface area contributed by atoms with Crippen molar-refractivity contribution < 1.29 is 62.6 Å². The van der Waals surface area contributed by atoms with E-state index >= 15 is 0 Å². The van der Waals surface area contributed by atoms with Crippen LogP contribution in [0, 0.1) is 0 Å². The van der Waals surface area contributed by atoms with Gasteiger partial charge in [0.1, 0.15) is 0 Å². The molecule has 160 valence electrons. The van der Waals surface area contributed by atoms with Crippen molar-refractivity contribution in [3.05, 3.63) is 0 Å². The summed E-state index contributed by atoms with van der Waals surface area (Å²) in [4.78, 5) is 22.5. The Morgan fingerprint density at radius 1 is 0.741 bits per heavy atom. The van der Waals surface area contributed by atoms with Crippen molar-refractivity contribution in [3.8, 4) is 0 Å². The molecule has 0 aromatic rings. The quantitative estimate of drug-likeness (QED) is 0.215. The van der Waals surface area contributed by atoms with E-state index in [1.807, 2.05) is 0 Å². The number of rotatable bonds is 11. The second-order valence-electron chi connectivity index (χ2n) is 5.33. The highest BCUT2D eigenvalue weighted by Gasteiger charge is 2.51. The van der Waals surface area contributed by atoms with Crippen LogP contribution in [0.25, 0.3) is 0 Å². The molecule has 3 atom stereocenters. The first-order valence-electron chi connectivity index (χ1n) is 6.52. The molecule has 3 unspecified atom stereocenters. The minimum absolute atomic E-state index is 0.647. The predicted molar refractivity (Wildman–Crippen MR) is 87.8 cm³/mol. The Hall–Kier alpha value is -1.34. The van der Waals surface area contributed by atoms with Gasteiger partial charge < -0.3 is 10.2 Å². The van der Waals surface area contributed by atoms with Gasteiger partial charge in [-0.15, -0.1) is 0 Å². The molecule has 0 spiro atoms. The van der Waals surface area contributed by atoms with Gasteiger partial charge in [-0.3, -0.25) is 18.7 Å². The molecule has 0 aliphatic rings. The van der Waals surface area contributed by atoms with Gasteiger partial charge in [-0.05, 0) is 6.92 Å². The molecule has 0 heterocycles. The van der Waals surface area contributed by atoms with Crippen LogP contribution in [0.3, 0.4) is 0 Å². The van der Waals surface area contributed by atoms with Crippen molar-refractivity contribution in [1.29, 1.82) is 0 Å². The number of hydrogen-bond donors (Lipinski definition) is 4. The molecule has 0 saturated carbocycles. The largest absolute Gasteiger partial charge is 0.480 e. The number of carboxylic acid groups (broad SMARTS) is 2. The van der Waals surface area contributed by atoms with Gasteiger partial charge in [-0.2, -0.15) is 16.8 Å². The lowest BCUT2D eigenvalue weighted by molar-refractivity contribution is -0.142. The molecule has 27 heavy (non-hydrogen) atoms. The monoisotopic (exact) mass is 476 g/mol. The van der Waals surface area contributed by atoms with Gasteiger partial charge in [0.25, 0.3) is 20.2 Å². The van der Waals surface area contributed by atoms with E-state index in [-0.39, 0.29) is 0 Å². The molecule has 0 aliphatic heterocycles. The smallest absolute Gasteiger partial charge is 0.323 e. The Morgan fingerprint density at radius 2 is 1.11 bits per heavy atom. The molecule has 0 aliphatic carbocycles. The average molecular weight is 476 g/mol. The maximum atomic E-state index is 12.2. The zero-order valence-corrected chi connectivity index (χ0v) is 16.6. The molecule has 4 N–H and O–H groups in total. The first-order chi connectivity index (χ1) is 11.7. The third-order valence-corrected chi connectivity index (χ3v) is 9.92. The zero-order chi connectivity index (χ0) is 22.0. The van der Waals surface area contributed by atoms with E-state index in [0.717, 1.165) is 0 Å². The number of hydrogen-bond acceptors (Lipinski definition) is 10. The Balaban J connectivity index is 6.26. The van der Waals surface area contributed by atoms with E-state index in [0.29, 0.717) is 6.92 Å². The molecule has 0 amide bonds. The second kappa shape index (κ2) is 8.35. The van der Waals surface area contributed by atoms with Crippen LogP contribution in [0.4, 0.5) is 0 Å². The molecule has 0 radical (unpaired) electrons. The molecular formula is C9H16O14S4. The summed E-state index contributed by atoms with van der Waals surface area (Å²) in [5.74, 6) is -9.69. The van der Waals surface area contributed by atoms with Crippen LogP contribution in [0.5, 0.6) is 0 Å². The minimum atomic E-state index is -5.30. The zero-order valence-electron chi connectivity index (χ0n) is 13.4. The highest BCUT2D eigenvalue weighted by Crippen LogP contribution is 2.20. The van der Waals surface area contributed by atoms with Crippen LogP contribution >= 0.6 is 0 Å². The van der Waals surface area contributed by atoms with Gasteiger partial charge >= 0.3 is 11.9 Å². The average Bonchev–Trinajstić information content (AvgIpc) is 2.38. The lowest BCUT2D eigenvalue weighted by atomic mass is 10.3. The summed E-state index contributed by atoms with van der Waals surface area (Å²) in [7, 11) is -20.5. The summed E-state index contributed by atoms with van der Waals surface area (Å²) in [5, 5.41) is 9.56. The van der Waals surface area contributed by atoms with E-state index < -0.39 is 84.9 Å². The molecule has 0 fully saturated rings. The van der Waals surface area contributed by atoms with E-state index in [1.54, 1.807) is 0 Å². The molecular weight excluding hydrogens is 460 g/mol. The van der Waals surface area contributed by atoms with Crippen LogP contribution < -0.4 is 0 Å². The van der Waals surface area contributed by atoms with Crippen molar-refractivity contribution in [2.45, 2.75) is 22.7 Å². The van der Waals surface area contributed by atoms with Gasteiger partial charge in [0.2, 0.25) is 0 Å². The lowest BCUT2D eigenvalue weighted by Gasteiger charge is -2.21. The first-order valence-corrected chi connectivity index (χ1v) is 13.1. The third kappa shape index (κ3) is 7.66. The van der Waals surface area contributed by atoms with Crippen LogP contribution in [0.1, 0.15) is 6.92 Å². The molecule has 0 rings (SSSR count). The van der Waals surface area contributed by atoms with Gasteiger partial charge in [0, 0.05) is 0 Å². The topological polar surface area (TPSA) is 252 Å². The Morgan fingerprint density at radius 3 is 1.41 bits per heavy atom. The summed E-state index contributed by atoms with van der Waals surface area (Å²) >= 11 is 0. The third-order valence-electron chi connectivity index (χ3n) is 3.14. The van der Waals surface area contributed by atoms with E-state index in [2.05, 4.69) is 0 Å². The van der Waals surface area contributed by atoms with Gasteiger partial charge in [0.15, 0.2) is 30.2 Å². The number of sulfone groups is 2. The summed E-state index contributed by atoms with van der Waals surface area (Å²) < 4.78 is 109. The summed E-state index contributed by atoms with van der Waals surface area (Å²) in [6.07, 6.45) is 0. The second-order valence-corrected chi connectivity index (χ2v) is 13.1. The summed E-state index contributed by atoms with van der Waals surface area (Å²) in [6, 6.07) is 0. The number of aliphatic carboxylic acids is 2. The van der Waals surface area contributed by atoms with Crippen molar-refractivity contribution >= 4 is 51.8 Å². The van der Waals surface area contributed by atoms with Crippen molar-refractivity contribution in [1.82, 2.24) is 0 Å². The van der Waals surface area contributed by atoms with Crippen LogP contribution in [0.2, 0.25) is 0 Å². The van der Waals surface area contributed by atoms with Gasteiger partial charge in [-0.1, -0.05) is 0 Å². The maximum Gasteiger partial charge on any atom is 0.323 e.